The summed E-state index contributed by atoms with van der Waals surface area (Å²) in [6.07, 6.45) is 4.40. The molecule has 0 bridgehead atoms. The van der Waals surface area contributed by atoms with E-state index in [1.165, 1.54) is 10.7 Å². The van der Waals surface area contributed by atoms with Crippen LogP contribution in [-0.4, -0.2) is 45.9 Å². The van der Waals surface area contributed by atoms with E-state index < -0.39 is 0 Å². The molecule has 6 heteroatoms. The van der Waals surface area contributed by atoms with Crippen LogP contribution in [0.25, 0.3) is 11.3 Å². The molecule has 1 aromatic carbocycles. The van der Waals surface area contributed by atoms with Crippen molar-refractivity contribution in [2.24, 2.45) is 0 Å². The Morgan fingerprint density at radius 2 is 1.92 bits per heavy atom. The number of hydrogen-bond donors (Lipinski definition) is 0. The highest BCUT2D eigenvalue weighted by Crippen LogP contribution is 2.28. The third-order valence-corrected chi connectivity index (χ3v) is 5.27. The van der Waals surface area contributed by atoms with E-state index in [-0.39, 0.29) is 30.2 Å². The molecule has 1 aromatic heterocycles. The molecule has 1 amide bonds. The van der Waals surface area contributed by atoms with Crippen LogP contribution in [0.4, 0.5) is 0 Å². The summed E-state index contributed by atoms with van der Waals surface area (Å²) in [6.45, 7) is 1.13. The average Bonchev–Trinajstić information content (AvgIpc) is 2.70. The zero-order chi connectivity index (χ0) is 17.9. The third-order valence-electron chi connectivity index (χ3n) is 5.27. The van der Waals surface area contributed by atoms with Crippen molar-refractivity contribution in [2.45, 2.75) is 44.4 Å². The van der Waals surface area contributed by atoms with E-state index >= 15 is 0 Å². The Kier molecular flexibility index (Phi) is 4.84. The van der Waals surface area contributed by atoms with Gasteiger partial charge in [-0.2, -0.15) is 5.10 Å². The van der Waals surface area contributed by atoms with Gasteiger partial charge in [0.2, 0.25) is 5.91 Å². The molecule has 1 aliphatic heterocycles. The molecule has 0 radical (unpaired) electrons. The molecule has 2 fully saturated rings. The first-order chi connectivity index (χ1) is 12.7. The fourth-order valence-electron chi connectivity index (χ4n) is 3.95. The maximum atomic E-state index is 12.9. The summed E-state index contributed by atoms with van der Waals surface area (Å²) in [6, 6.07) is 13.0. The van der Waals surface area contributed by atoms with Crippen molar-refractivity contribution < 1.29 is 9.53 Å². The highest BCUT2D eigenvalue weighted by Gasteiger charge is 2.36. The van der Waals surface area contributed by atoms with Gasteiger partial charge in [0.1, 0.15) is 6.54 Å². The lowest BCUT2D eigenvalue weighted by molar-refractivity contribution is -0.150. The third kappa shape index (κ3) is 3.42. The Hall–Kier alpha value is -2.47. The number of amides is 1. The predicted octanol–water partition coefficient (Wildman–Crippen LogP) is 2.08. The van der Waals surface area contributed by atoms with Gasteiger partial charge < -0.3 is 9.64 Å². The van der Waals surface area contributed by atoms with Gasteiger partial charge in [-0.3, -0.25) is 9.59 Å². The normalized spacial score (nSPS) is 22.7. The number of nitrogens with zero attached hydrogens (tertiary/aromatic N) is 3. The highest BCUT2D eigenvalue weighted by atomic mass is 16.5. The summed E-state index contributed by atoms with van der Waals surface area (Å²) in [4.78, 5) is 27.0. The van der Waals surface area contributed by atoms with Crippen LogP contribution < -0.4 is 5.56 Å². The quantitative estimate of drug-likeness (QED) is 0.847. The van der Waals surface area contributed by atoms with Crippen LogP contribution in [0, 0.1) is 0 Å². The Morgan fingerprint density at radius 1 is 1.12 bits per heavy atom. The zero-order valence-electron chi connectivity index (χ0n) is 14.7. The van der Waals surface area contributed by atoms with Gasteiger partial charge >= 0.3 is 0 Å². The Morgan fingerprint density at radius 3 is 2.77 bits per heavy atom. The highest BCUT2D eigenvalue weighted by molar-refractivity contribution is 5.76. The standard InChI is InChI=1S/C20H23N3O3/c24-19-11-10-16(15-6-2-1-3-7-15)21-23(19)14-20(25)22-12-13-26-18-9-5-4-8-17(18)22/h1-3,6-7,10-11,17-18H,4-5,8-9,12-14H2/t17-,18-/m1/s1. The molecule has 4 rings (SSSR count). The molecule has 0 spiro atoms. The van der Waals surface area contributed by atoms with Gasteiger partial charge in [0.25, 0.3) is 5.56 Å². The van der Waals surface area contributed by atoms with Crippen molar-refractivity contribution in [3.63, 3.8) is 0 Å². The first-order valence-corrected chi connectivity index (χ1v) is 9.27. The van der Waals surface area contributed by atoms with E-state index in [0.717, 1.165) is 31.2 Å². The topological polar surface area (TPSA) is 64.4 Å². The fraction of sp³-hybridized carbons (Fsp3) is 0.450. The van der Waals surface area contributed by atoms with Crippen LogP contribution in [0.15, 0.2) is 47.3 Å². The lowest BCUT2D eigenvalue weighted by Gasteiger charge is -2.43. The number of carbonyl (C=O) groups is 1. The SMILES string of the molecule is O=C(Cn1nc(-c2ccccc2)ccc1=O)N1CCO[C@@H]2CCCC[C@H]21. The number of rotatable bonds is 3. The van der Waals surface area contributed by atoms with Crippen molar-refractivity contribution >= 4 is 5.91 Å². The monoisotopic (exact) mass is 353 g/mol. The zero-order valence-corrected chi connectivity index (χ0v) is 14.7. The van der Waals surface area contributed by atoms with E-state index in [2.05, 4.69) is 5.10 Å². The summed E-state index contributed by atoms with van der Waals surface area (Å²) in [5.74, 6) is -0.0509. The molecule has 26 heavy (non-hydrogen) atoms. The van der Waals surface area contributed by atoms with Gasteiger partial charge in [-0.25, -0.2) is 4.68 Å². The molecule has 2 aliphatic rings. The predicted molar refractivity (Wildman–Crippen MR) is 97.6 cm³/mol. The van der Waals surface area contributed by atoms with Gasteiger partial charge in [0.05, 0.1) is 24.4 Å². The molecule has 1 aliphatic carbocycles. The van der Waals surface area contributed by atoms with E-state index in [4.69, 9.17) is 4.74 Å². The van der Waals surface area contributed by atoms with E-state index in [9.17, 15) is 9.59 Å². The number of fused-ring (bicyclic) bond motifs is 1. The maximum absolute atomic E-state index is 12.9. The van der Waals surface area contributed by atoms with Crippen LogP contribution in [0.5, 0.6) is 0 Å². The second-order valence-corrected chi connectivity index (χ2v) is 6.93. The number of carbonyl (C=O) groups excluding carboxylic acids is 1. The average molecular weight is 353 g/mol. The smallest absolute Gasteiger partial charge is 0.267 e. The summed E-state index contributed by atoms with van der Waals surface area (Å²) in [5, 5.41) is 4.41. The van der Waals surface area contributed by atoms with Crippen molar-refractivity contribution in [2.75, 3.05) is 13.2 Å². The second kappa shape index (κ2) is 7.41. The molecule has 2 atom stereocenters. The second-order valence-electron chi connectivity index (χ2n) is 6.93. The molecule has 0 N–H and O–H groups in total. The fourth-order valence-corrected chi connectivity index (χ4v) is 3.95. The summed E-state index contributed by atoms with van der Waals surface area (Å²) < 4.78 is 7.11. The van der Waals surface area contributed by atoms with Crippen LogP contribution >= 0.6 is 0 Å². The van der Waals surface area contributed by atoms with Crippen LogP contribution in [-0.2, 0) is 16.1 Å². The molecular formula is C20H23N3O3. The largest absolute Gasteiger partial charge is 0.374 e. The van der Waals surface area contributed by atoms with Crippen LogP contribution in [0.2, 0.25) is 0 Å². The van der Waals surface area contributed by atoms with Crippen LogP contribution in [0.1, 0.15) is 25.7 Å². The number of ether oxygens (including phenoxy) is 1. The van der Waals surface area contributed by atoms with Crippen molar-refractivity contribution in [3.05, 3.63) is 52.8 Å². The summed E-state index contributed by atoms with van der Waals surface area (Å²) in [7, 11) is 0. The minimum absolute atomic E-state index is 0.0251. The number of benzene rings is 1. The van der Waals surface area contributed by atoms with Gasteiger partial charge in [-0.05, 0) is 18.9 Å². The molecule has 1 saturated carbocycles. The van der Waals surface area contributed by atoms with Crippen molar-refractivity contribution in [1.29, 1.82) is 0 Å². The first-order valence-electron chi connectivity index (χ1n) is 9.27. The Balaban J connectivity index is 1.55. The lowest BCUT2D eigenvalue weighted by atomic mass is 9.90. The van der Waals surface area contributed by atoms with E-state index in [1.807, 2.05) is 35.2 Å². The van der Waals surface area contributed by atoms with E-state index in [1.54, 1.807) is 6.07 Å². The minimum Gasteiger partial charge on any atom is -0.374 e. The number of hydrogen-bond acceptors (Lipinski definition) is 4. The van der Waals surface area contributed by atoms with Gasteiger partial charge in [0.15, 0.2) is 0 Å². The molecule has 0 unspecified atom stereocenters. The van der Waals surface area contributed by atoms with Gasteiger partial charge in [-0.15, -0.1) is 0 Å². The molecule has 2 heterocycles. The summed E-state index contributed by atoms with van der Waals surface area (Å²) >= 11 is 0. The van der Waals surface area contributed by atoms with Crippen molar-refractivity contribution in [1.82, 2.24) is 14.7 Å². The summed E-state index contributed by atoms with van der Waals surface area (Å²) in [5.41, 5.74) is 1.36. The van der Waals surface area contributed by atoms with Gasteiger partial charge in [0, 0.05) is 18.2 Å². The molecule has 2 aromatic rings. The minimum atomic E-state index is -0.258. The molecule has 136 valence electrons. The number of morpholine rings is 1. The molecule has 1 saturated heterocycles. The number of aromatic nitrogens is 2. The Bertz CT molecular complexity index is 832. The Labute approximate surface area is 152 Å². The molecular weight excluding hydrogens is 330 g/mol. The van der Waals surface area contributed by atoms with Crippen LogP contribution in [0.3, 0.4) is 0 Å². The first kappa shape index (κ1) is 17.0. The van der Waals surface area contributed by atoms with Gasteiger partial charge in [-0.1, -0.05) is 43.2 Å². The maximum Gasteiger partial charge on any atom is 0.267 e. The lowest BCUT2D eigenvalue weighted by Crippen LogP contribution is -2.55. The molecule has 6 nitrogen and oxygen atoms in total. The van der Waals surface area contributed by atoms with Crippen molar-refractivity contribution in [3.8, 4) is 11.3 Å². The van der Waals surface area contributed by atoms with E-state index in [0.29, 0.717) is 18.8 Å².